The van der Waals surface area contributed by atoms with Gasteiger partial charge < -0.3 is 15.4 Å². The van der Waals surface area contributed by atoms with Gasteiger partial charge in [-0.3, -0.25) is 14.9 Å². The summed E-state index contributed by atoms with van der Waals surface area (Å²) < 4.78 is 4.88. The van der Waals surface area contributed by atoms with Crippen LogP contribution in [0.3, 0.4) is 0 Å². The summed E-state index contributed by atoms with van der Waals surface area (Å²) in [6.07, 6.45) is 1.26. The number of carbonyl (C=O) groups is 2. The van der Waals surface area contributed by atoms with Gasteiger partial charge in [-0.05, 0) is 48.9 Å². The maximum Gasteiger partial charge on any atom is 0.338 e. The van der Waals surface area contributed by atoms with Gasteiger partial charge in [0, 0.05) is 18.8 Å². The number of hydrogen-bond acceptors (Lipinski definition) is 7. The summed E-state index contributed by atoms with van der Waals surface area (Å²) in [6.45, 7) is 1.95. The second-order valence-electron chi connectivity index (χ2n) is 5.71. The summed E-state index contributed by atoms with van der Waals surface area (Å²) in [4.78, 5) is 34.6. The Balaban J connectivity index is 2.21. The van der Waals surface area contributed by atoms with Crippen molar-refractivity contribution in [3.8, 4) is 6.07 Å². The lowest BCUT2D eigenvalue weighted by Crippen LogP contribution is -2.13. The smallest absolute Gasteiger partial charge is 0.338 e. The Morgan fingerprint density at radius 3 is 2.48 bits per heavy atom. The minimum absolute atomic E-state index is 0.173. The number of esters is 1. The predicted molar refractivity (Wildman–Crippen MR) is 107 cm³/mol. The Labute approximate surface area is 166 Å². The number of hydrogen-bond donors (Lipinski definition) is 2. The Hall–Kier alpha value is -4.19. The van der Waals surface area contributed by atoms with Crippen molar-refractivity contribution >= 4 is 35.0 Å². The Kier molecular flexibility index (Phi) is 7.03. The van der Waals surface area contributed by atoms with Crippen molar-refractivity contribution in [3.63, 3.8) is 0 Å². The number of rotatable bonds is 7. The second-order valence-corrected chi connectivity index (χ2v) is 5.71. The van der Waals surface area contributed by atoms with Crippen LogP contribution in [0.4, 0.5) is 17.1 Å². The average Bonchev–Trinajstić information content (AvgIpc) is 2.72. The molecule has 0 saturated heterocycles. The molecule has 0 unspecified atom stereocenters. The standard InChI is InChI=1S/C20H18N4O5/c1-3-29-20(26)14-5-7-16(8-6-14)23-19(25)15(12-21)10-13-4-9-17(22-2)18(11-13)24(27)28/h4-11,22H,3H2,1-2H3,(H,23,25)/b15-10+. The number of amides is 1. The molecule has 2 rings (SSSR count). The van der Waals surface area contributed by atoms with E-state index in [2.05, 4.69) is 10.6 Å². The summed E-state index contributed by atoms with van der Waals surface area (Å²) >= 11 is 0. The van der Waals surface area contributed by atoms with Crippen LogP contribution < -0.4 is 10.6 Å². The van der Waals surface area contributed by atoms with Crippen molar-refractivity contribution in [2.24, 2.45) is 0 Å². The van der Waals surface area contributed by atoms with E-state index in [0.29, 0.717) is 22.5 Å². The molecule has 0 bridgehead atoms. The van der Waals surface area contributed by atoms with Crippen molar-refractivity contribution in [1.82, 2.24) is 0 Å². The summed E-state index contributed by atoms with van der Waals surface area (Å²) in [7, 11) is 1.55. The first-order valence-electron chi connectivity index (χ1n) is 8.56. The highest BCUT2D eigenvalue weighted by Crippen LogP contribution is 2.26. The van der Waals surface area contributed by atoms with Crippen LogP contribution in [0, 0.1) is 21.4 Å². The van der Waals surface area contributed by atoms with E-state index in [1.165, 1.54) is 42.5 Å². The summed E-state index contributed by atoms with van der Waals surface area (Å²) in [5.74, 6) is -1.16. The first kappa shape index (κ1) is 21.1. The molecule has 0 spiro atoms. The molecule has 0 atom stereocenters. The first-order valence-corrected chi connectivity index (χ1v) is 8.56. The second kappa shape index (κ2) is 9.66. The lowest BCUT2D eigenvalue weighted by Gasteiger charge is -2.06. The van der Waals surface area contributed by atoms with Gasteiger partial charge in [0.2, 0.25) is 0 Å². The minimum Gasteiger partial charge on any atom is -0.462 e. The third-order valence-electron chi connectivity index (χ3n) is 3.82. The molecule has 0 radical (unpaired) electrons. The summed E-state index contributed by atoms with van der Waals surface area (Å²) in [5, 5.41) is 25.7. The monoisotopic (exact) mass is 394 g/mol. The highest BCUT2D eigenvalue weighted by atomic mass is 16.6. The van der Waals surface area contributed by atoms with Gasteiger partial charge in [-0.25, -0.2) is 4.79 Å². The Morgan fingerprint density at radius 2 is 1.93 bits per heavy atom. The van der Waals surface area contributed by atoms with E-state index in [1.54, 1.807) is 26.1 Å². The first-order chi connectivity index (χ1) is 13.9. The number of carbonyl (C=O) groups excluding carboxylic acids is 2. The summed E-state index contributed by atoms with van der Waals surface area (Å²) in [5.41, 5.74) is 0.954. The molecule has 9 heteroatoms. The van der Waals surface area contributed by atoms with Crippen molar-refractivity contribution < 1.29 is 19.2 Å². The van der Waals surface area contributed by atoms with Gasteiger partial charge in [0.15, 0.2) is 0 Å². The fourth-order valence-electron chi connectivity index (χ4n) is 2.42. The highest BCUT2D eigenvalue weighted by molar-refractivity contribution is 6.09. The molecule has 0 aliphatic heterocycles. The topological polar surface area (TPSA) is 134 Å². The van der Waals surface area contributed by atoms with Crippen LogP contribution in [0.1, 0.15) is 22.8 Å². The van der Waals surface area contributed by atoms with Crippen molar-refractivity contribution in [2.45, 2.75) is 6.92 Å². The van der Waals surface area contributed by atoms with Crippen LogP contribution in [-0.2, 0) is 9.53 Å². The molecule has 0 heterocycles. The number of nitriles is 1. The van der Waals surface area contributed by atoms with E-state index < -0.39 is 16.8 Å². The molecule has 29 heavy (non-hydrogen) atoms. The molecular weight excluding hydrogens is 376 g/mol. The number of benzene rings is 2. The normalized spacial score (nSPS) is 10.6. The fraction of sp³-hybridized carbons (Fsp3) is 0.150. The molecule has 2 aromatic rings. The van der Waals surface area contributed by atoms with E-state index in [9.17, 15) is 25.0 Å². The van der Waals surface area contributed by atoms with Gasteiger partial charge in [0.1, 0.15) is 17.3 Å². The van der Waals surface area contributed by atoms with E-state index >= 15 is 0 Å². The van der Waals surface area contributed by atoms with E-state index in [-0.39, 0.29) is 17.9 Å². The lowest BCUT2D eigenvalue weighted by molar-refractivity contribution is -0.384. The molecule has 148 valence electrons. The average molecular weight is 394 g/mol. The van der Waals surface area contributed by atoms with Crippen LogP contribution >= 0.6 is 0 Å². The molecule has 0 aromatic heterocycles. The van der Waals surface area contributed by atoms with E-state index in [1.807, 2.05) is 0 Å². The number of nitro benzene ring substituents is 1. The number of nitro groups is 1. The molecule has 2 N–H and O–H groups in total. The van der Waals surface area contributed by atoms with Gasteiger partial charge in [0.25, 0.3) is 11.6 Å². The predicted octanol–water partition coefficient (Wildman–Crippen LogP) is 3.36. The quantitative estimate of drug-likeness (QED) is 0.242. The third kappa shape index (κ3) is 5.40. The largest absolute Gasteiger partial charge is 0.462 e. The number of ether oxygens (including phenoxy) is 1. The van der Waals surface area contributed by atoms with Crippen LogP contribution in [0.25, 0.3) is 6.08 Å². The van der Waals surface area contributed by atoms with Gasteiger partial charge in [-0.15, -0.1) is 0 Å². The van der Waals surface area contributed by atoms with Gasteiger partial charge >= 0.3 is 5.97 Å². The number of nitrogens with zero attached hydrogens (tertiary/aromatic N) is 2. The Morgan fingerprint density at radius 1 is 1.24 bits per heavy atom. The zero-order valence-electron chi connectivity index (χ0n) is 15.8. The number of nitrogens with one attached hydrogen (secondary N) is 2. The molecule has 2 aromatic carbocycles. The number of anilines is 2. The molecule has 9 nitrogen and oxygen atoms in total. The van der Waals surface area contributed by atoms with Crippen molar-refractivity contribution in [3.05, 3.63) is 69.3 Å². The molecular formula is C20H18N4O5. The molecule has 0 fully saturated rings. The molecule has 0 aliphatic carbocycles. The van der Waals surface area contributed by atoms with E-state index in [0.717, 1.165) is 0 Å². The fourth-order valence-corrected chi connectivity index (χ4v) is 2.42. The van der Waals surface area contributed by atoms with Gasteiger partial charge in [0.05, 0.1) is 17.1 Å². The van der Waals surface area contributed by atoms with Crippen LogP contribution in [0.5, 0.6) is 0 Å². The lowest BCUT2D eigenvalue weighted by atomic mass is 10.1. The highest BCUT2D eigenvalue weighted by Gasteiger charge is 2.15. The summed E-state index contributed by atoms with van der Waals surface area (Å²) in [6, 6.07) is 12.1. The minimum atomic E-state index is -0.684. The van der Waals surface area contributed by atoms with Crippen LogP contribution in [-0.4, -0.2) is 30.5 Å². The zero-order chi connectivity index (χ0) is 21.4. The Bertz CT molecular complexity index is 1010. The van der Waals surface area contributed by atoms with Crippen LogP contribution in [0.15, 0.2) is 48.0 Å². The van der Waals surface area contributed by atoms with Gasteiger partial charge in [-0.2, -0.15) is 5.26 Å². The maximum absolute atomic E-state index is 12.4. The van der Waals surface area contributed by atoms with Crippen molar-refractivity contribution in [2.75, 3.05) is 24.3 Å². The zero-order valence-corrected chi connectivity index (χ0v) is 15.8. The SMILES string of the molecule is CCOC(=O)c1ccc(NC(=O)/C(C#N)=C/c2ccc(NC)c([N+](=O)[O-])c2)cc1. The molecule has 0 aliphatic rings. The van der Waals surface area contributed by atoms with E-state index in [4.69, 9.17) is 4.74 Å². The van der Waals surface area contributed by atoms with Crippen LogP contribution in [0.2, 0.25) is 0 Å². The molecule has 1 amide bonds. The van der Waals surface area contributed by atoms with Crippen molar-refractivity contribution in [1.29, 1.82) is 5.26 Å². The van der Waals surface area contributed by atoms with Gasteiger partial charge in [-0.1, -0.05) is 6.07 Å². The third-order valence-corrected chi connectivity index (χ3v) is 3.82. The maximum atomic E-state index is 12.4. The molecule has 0 saturated carbocycles.